The van der Waals surface area contributed by atoms with Crippen molar-refractivity contribution >= 4 is 5.97 Å². The van der Waals surface area contributed by atoms with E-state index in [1.165, 1.54) is 18.0 Å². The van der Waals surface area contributed by atoms with Crippen molar-refractivity contribution in [2.75, 3.05) is 13.7 Å². The van der Waals surface area contributed by atoms with Crippen LogP contribution in [0.1, 0.15) is 37.8 Å². The zero-order valence-corrected chi connectivity index (χ0v) is 20.7. The van der Waals surface area contributed by atoms with Gasteiger partial charge < -0.3 is 29.3 Å². The van der Waals surface area contributed by atoms with Crippen LogP contribution in [0.2, 0.25) is 0 Å². The van der Waals surface area contributed by atoms with Gasteiger partial charge in [0, 0.05) is 30.6 Å². The van der Waals surface area contributed by atoms with E-state index in [1.807, 2.05) is 0 Å². The summed E-state index contributed by atoms with van der Waals surface area (Å²) in [5.41, 5.74) is -0.440. The van der Waals surface area contributed by atoms with Gasteiger partial charge in [0.25, 0.3) is 0 Å². The number of hydrogen-bond acceptors (Lipinski definition) is 9. The van der Waals surface area contributed by atoms with Gasteiger partial charge in [-0.1, -0.05) is 24.2 Å². The first-order valence-corrected chi connectivity index (χ1v) is 11.7. The van der Waals surface area contributed by atoms with Crippen molar-refractivity contribution in [3.63, 3.8) is 0 Å². The highest BCUT2D eigenvalue weighted by Crippen LogP contribution is 2.35. The van der Waals surface area contributed by atoms with Gasteiger partial charge in [-0.15, -0.1) is 5.10 Å². The minimum Gasteiger partial charge on any atom is -0.481 e. The van der Waals surface area contributed by atoms with Crippen molar-refractivity contribution in [2.24, 2.45) is 0 Å². The van der Waals surface area contributed by atoms with Gasteiger partial charge in [-0.25, -0.2) is 17.9 Å². The number of carboxylic acids is 1. The highest BCUT2D eigenvalue weighted by atomic mass is 19.2. The number of methoxy groups -OCH3 is 1. The van der Waals surface area contributed by atoms with Crippen molar-refractivity contribution in [2.45, 2.75) is 62.6 Å². The molecule has 5 atom stereocenters. The van der Waals surface area contributed by atoms with Crippen LogP contribution in [0.15, 0.2) is 28.9 Å². The highest BCUT2D eigenvalue weighted by molar-refractivity contribution is 5.68. The van der Waals surface area contributed by atoms with Gasteiger partial charge in [0.2, 0.25) is 0 Å². The van der Waals surface area contributed by atoms with Crippen LogP contribution in [-0.2, 0) is 26.1 Å². The third-order valence-electron chi connectivity index (χ3n) is 6.58. The van der Waals surface area contributed by atoms with Gasteiger partial charge in [-0.05, 0) is 12.1 Å². The minimum absolute atomic E-state index is 0.00832. The Morgan fingerprint density at radius 2 is 1.87 bits per heavy atom. The first-order chi connectivity index (χ1) is 17.9. The van der Waals surface area contributed by atoms with Crippen molar-refractivity contribution in [3.8, 4) is 11.3 Å². The van der Waals surface area contributed by atoms with E-state index in [1.54, 1.807) is 19.9 Å². The predicted octanol–water partition coefficient (Wildman–Crippen LogP) is 2.02. The molecule has 1 aliphatic rings. The van der Waals surface area contributed by atoms with Crippen LogP contribution in [0.25, 0.3) is 11.3 Å². The Bertz CT molecular complexity index is 1270. The van der Waals surface area contributed by atoms with Gasteiger partial charge >= 0.3 is 5.97 Å². The van der Waals surface area contributed by atoms with Crippen LogP contribution in [0.5, 0.6) is 0 Å². The molecule has 0 unspecified atom stereocenters. The molecule has 4 rings (SSSR count). The number of carbonyl (C=O) groups is 1. The van der Waals surface area contributed by atoms with Crippen LogP contribution in [0.3, 0.4) is 0 Å². The molecule has 2 aromatic heterocycles. The van der Waals surface area contributed by atoms with E-state index >= 15 is 0 Å². The molecule has 3 N–H and O–H groups in total. The zero-order valence-electron chi connectivity index (χ0n) is 20.7. The summed E-state index contributed by atoms with van der Waals surface area (Å²) in [7, 11) is 1.38. The molecule has 1 aliphatic heterocycles. The fourth-order valence-corrected chi connectivity index (χ4v) is 4.58. The number of ether oxygens (including phenoxy) is 2. The fourth-order valence-electron chi connectivity index (χ4n) is 4.58. The summed E-state index contributed by atoms with van der Waals surface area (Å²) >= 11 is 0. The van der Waals surface area contributed by atoms with Crippen LogP contribution in [0.4, 0.5) is 13.2 Å². The summed E-state index contributed by atoms with van der Waals surface area (Å²) in [5, 5.41) is 41.9. The first kappa shape index (κ1) is 27.7. The van der Waals surface area contributed by atoms with E-state index in [0.29, 0.717) is 11.5 Å². The third kappa shape index (κ3) is 5.43. The van der Waals surface area contributed by atoms with Crippen LogP contribution >= 0.6 is 0 Å². The summed E-state index contributed by atoms with van der Waals surface area (Å²) in [4.78, 5) is 11.2. The number of rotatable bonds is 9. The summed E-state index contributed by atoms with van der Waals surface area (Å²) in [5.74, 6) is -5.04. The van der Waals surface area contributed by atoms with E-state index < -0.39 is 65.9 Å². The highest BCUT2D eigenvalue weighted by Gasteiger charge is 2.47. The number of aliphatic carboxylic acids is 1. The van der Waals surface area contributed by atoms with E-state index in [2.05, 4.69) is 15.5 Å². The largest absolute Gasteiger partial charge is 0.481 e. The number of aliphatic hydroxyl groups is 2. The predicted molar refractivity (Wildman–Crippen MR) is 122 cm³/mol. The molecule has 14 heteroatoms. The van der Waals surface area contributed by atoms with E-state index in [0.717, 1.165) is 12.1 Å². The summed E-state index contributed by atoms with van der Waals surface area (Å²) in [6.07, 6.45) is -2.81. The Balaban J connectivity index is 1.62. The quantitative estimate of drug-likeness (QED) is 0.344. The van der Waals surface area contributed by atoms with Gasteiger partial charge in [0.1, 0.15) is 35.8 Å². The molecule has 3 heterocycles. The molecular formula is C24H27F3N4O7. The maximum atomic E-state index is 13.7. The van der Waals surface area contributed by atoms with Gasteiger partial charge in [-0.2, -0.15) is 0 Å². The molecule has 0 spiro atoms. The molecular weight excluding hydrogens is 513 g/mol. The summed E-state index contributed by atoms with van der Waals surface area (Å²) in [6, 6.07) is 2.19. The molecule has 11 nitrogen and oxygen atoms in total. The van der Waals surface area contributed by atoms with Gasteiger partial charge in [0.05, 0.1) is 31.0 Å². The Labute approximate surface area is 214 Å². The number of benzene rings is 1. The topological polar surface area (TPSA) is 153 Å². The lowest BCUT2D eigenvalue weighted by molar-refractivity contribution is -0.212. The van der Waals surface area contributed by atoms with E-state index in [4.69, 9.17) is 19.1 Å². The average Bonchev–Trinajstić information content (AvgIpc) is 3.52. The summed E-state index contributed by atoms with van der Waals surface area (Å²) in [6.45, 7) is 2.88. The number of aromatic nitrogens is 4. The Morgan fingerprint density at radius 1 is 1.18 bits per heavy atom. The zero-order chi connectivity index (χ0) is 27.8. The van der Waals surface area contributed by atoms with Gasteiger partial charge in [0.15, 0.2) is 17.5 Å². The van der Waals surface area contributed by atoms with Gasteiger partial charge in [-0.3, -0.25) is 4.79 Å². The van der Waals surface area contributed by atoms with Crippen LogP contribution < -0.4 is 0 Å². The number of halogens is 3. The maximum absolute atomic E-state index is 13.7. The SMILES string of the molecule is CO[C@@H]1[C@@H](n2cc(-c3cc(F)c(F)c(F)c3)nn2)[C@@H](O)[C@@H](CO)O[C@@H]1Cc1cc(C(C)(C)CC(=O)O)no1. The Hall–Kier alpha value is -3.33. The molecule has 206 valence electrons. The third-order valence-corrected chi connectivity index (χ3v) is 6.58. The van der Waals surface area contributed by atoms with Crippen LogP contribution in [0, 0.1) is 17.5 Å². The maximum Gasteiger partial charge on any atom is 0.304 e. The molecule has 3 aromatic rings. The number of nitrogens with zero attached hydrogens (tertiary/aromatic N) is 4. The Kier molecular flexibility index (Phi) is 7.88. The molecule has 1 aromatic carbocycles. The molecule has 0 amide bonds. The van der Waals surface area contributed by atoms with E-state index in [-0.39, 0.29) is 24.1 Å². The second-order valence-corrected chi connectivity index (χ2v) is 9.75. The van der Waals surface area contributed by atoms with Crippen molar-refractivity contribution in [3.05, 3.63) is 53.3 Å². The average molecular weight is 540 g/mol. The lowest BCUT2D eigenvalue weighted by Crippen LogP contribution is -2.57. The fraction of sp³-hybridized carbons (Fsp3) is 0.500. The summed E-state index contributed by atoms with van der Waals surface area (Å²) < 4.78 is 59.0. The van der Waals surface area contributed by atoms with Crippen molar-refractivity contribution < 1.29 is 47.3 Å². The molecule has 0 aliphatic carbocycles. The molecule has 0 saturated carbocycles. The Morgan fingerprint density at radius 3 is 2.47 bits per heavy atom. The lowest BCUT2D eigenvalue weighted by atomic mass is 9.85. The second-order valence-electron chi connectivity index (χ2n) is 9.75. The van der Waals surface area contributed by atoms with E-state index in [9.17, 15) is 28.2 Å². The normalized spacial score (nSPS) is 24.1. The number of hydrogen-bond donors (Lipinski definition) is 3. The van der Waals surface area contributed by atoms with Crippen LogP contribution in [-0.4, -0.2) is 79.6 Å². The lowest BCUT2D eigenvalue weighted by Gasteiger charge is -2.43. The van der Waals surface area contributed by atoms with Crippen molar-refractivity contribution in [1.29, 1.82) is 0 Å². The smallest absolute Gasteiger partial charge is 0.304 e. The second kappa shape index (κ2) is 10.8. The monoisotopic (exact) mass is 540 g/mol. The van der Waals surface area contributed by atoms with Crippen molar-refractivity contribution in [1.82, 2.24) is 20.2 Å². The molecule has 38 heavy (non-hydrogen) atoms. The molecule has 1 saturated heterocycles. The molecule has 0 bridgehead atoms. The molecule has 1 fully saturated rings. The first-order valence-electron chi connectivity index (χ1n) is 11.7. The number of aliphatic hydroxyl groups excluding tert-OH is 2. The number of carboxylic acid groups (broad SMARTS) is 1. The minimum atomic E-state index is -1.61. The standard InChI is InChI=1S/C24H27F3N4O7/c1-24(2,8-19(33)34)18-7-12(38-29-18)6-16-23(36-3)21(22(35)17(10-32)37-16)31-9-15(28-30-31)11-4-13(25)20(27)14(26)5-11/h4-5,7,9,16-17,21-23,32,35H,6,8,10H2,1-3H3,(H,33,34)/t16-,17-,21+,22+,23+/m1/s1. The molecule has 0 radical (unpaired) electrons.